The van der Waals surface area contributed by atoms with Crippen LogP contribution in [0.25, 0.3) is 0 Å². The second kappa shape index (κ2) is 8.38. The predicted molar refractivity (Wildman–Crippen MR) is 95.5 cm³/mol. The largest absolute Gasteiger partial charge is 0.496 e. The first-order valence-electron chi connectivity index (χ1n) is 8.02. The number of ether oxygens (including phenoxy) is 1. The van der Waals surface area contributed by atoms with Gasteiger partial charge in [-0.2, -0.15) is 0 Å². The molecule has 1 aromatic heterocycles. The Hall–Kier alpha value is -2.50. The van der Waals surface area contributed by atoms with E-state index in [1.165, 1.54) is 0 Å². The van der Waals surface area contributed by atoms with Crippen LogP contribution in [-0.4, -0.2) is 43.8 Å². The summed E-state index contributed by atoms with van der Waals surface area (Å²) in [5, 5.41) is 7.37. The van der Waals surface area contributed by atoms with Gasteiger partial charge in [0.05, 0.1) is 12.8 Å². The average Bonchev–Trinajstić information content (AvgIpc) is 2.90. The van der Waals surface area contributed by atoms with E-state index in [4.69, 9.17) is 9.26 Å². The molecule has 0 saturated carbocycles. The number of para-hydroxylation sites is 1. The second-order valence-corrected chi connectivity index (χ2v) is 5.69. The molecule has 0 atom stereocenters. The summed E-state index contributed by atoms with van der Waals surface area (Å²) in [4.78, 5) is 6.43. The summed E-state index contributed by atoms with van der Waals surface area (Å²) in [6.07, 6.45) is 0.850. The molecule has 1 heterocycles. The molecule has 0 unspecified atom stereocenters. The summed E-state index contributed by atoms with van der Waals surface area (Å²) in [5.74, 6) is 2.61. The van der Waals surface area contributed by atoms with Crippen LogP contribution in [-0.2, 0) is 13.0 Å². The maximum Gasteiger partial charge on any atom is 0.193 e. The Morgan fingerprint density at radius 3 is 2.71 bits per heavy atom. The topological polar surface area (TPSA) is 62.9 Å². The zero-order valence-electron chi connectivity index (χ0n) is 15.1. The molecule has 24 heavy (non-hydrogen) atoms. The van der Waals surface area contributed by atoms with Crippen molar-refractivity contribution >= 4 is 5.96 Å². The van der Waals surface area contributed by atoms with Gasteiger partial charge in [0.15, 0.2) is 5.96 Å². The van der Waals surface area contributed by atoms with Gasteiger partial charge >= 0.3 is 0 Å². The highest BCUT2D eigenvalue weighted by Gasteiger charge is 2.12. The Bertz CT molecular complexity index is 675. The normalized spacial score (nSPS) is 11.5. The van der Waals surface area contributed by atoms with Gasteiger partial charge in [-0.05, 0) is 26.3 Å². The monoisotopic (exact) mass is 330 g/mol. The van der Waals surface area contributed by atoms with E-state index in [0.29, 0.717) is 0 Å². The molecule has 0 aliphatic heterocycles. The van der Waals surface area contributed by atoms with Crippen molar-refractivity contribution in [3.05, 3.63) is 46.8 Å². The average molecular weight is 330 g/mol. The summed E-state index contributed by atoms with van der Waals surface area (Å²) in [7, 11) is 5.49. The minimum atomic E-state index is 0.717. The first kappa shape index (κ1) is 17.8. The SMILES string of the molecule is CN=C(NCCc1c(C)noc1C)N(C)Cc1ccccc1OC. The Morgan fingerprint density at radius 1 is 1.33 bits per heavy atom. The first-order chi connectivity index (χ1) is 11.6. The molecule has 6 heteroatoms. The Labute approximate surface area is 143 Å². The third kappa shape index (κ3) is 4.28. The Balaban J connectivity index is 1.93. The second-order valence-electron chi connectivity index (χ2n) is 5.69. The van der Waals surface area contributed by atoms with Gasteiger partial charge in [-0.1, -0.05) is 23.4 Å². The van der Waals surface area contributed by atoms with Crippen LogP contribution in [0.15, 0.2) is 33.8 Å². The smallest absolute Gasteiger partial charge is 0.193 e. The number of aromatic nitrogens is 1. The third-order valence-corrected chi connectivity index (χ3v) is 4.01. The molecule has 6 nitrogen and oxygen atoms in total. The fraction of sp³-hybridized carbons (Fsp3) is 0.444. The number of aliphatic imine (C=N–C) groups is 1. The molecule has 1 aromatic carbocycles. The molecule has 130 valence electrons. The highest BCUT2D eigenvalue weighted by Crippen LogP contribution is 2.18. The molecule has 0 radical (unpaired) electrons. The highest BCUT2D eigenvalue weighted by molar-refractivity contribution is 5.79. The van der Waals surface area contributed by atoms with Crippen molar-refractivity contribution in [2.75, 3.05) is 27.7 Å². The van der Waals surface area contributed by atoms with Crippen LogP contribution in [0.5, 0.6) is 5.75 Å². The summed E-state index contributed by atoms with van der Waals surface area (Å²) in [5.41, 5.74) is 3.23. The van der Waals surface area contributed by atoms with E-state index in [9.17, 15) is 0 Å². The van der Waals surface area contributed by atoms with E-state index >= 15 is 0 Å². The van der Waals surface area contributed by atoms with Crippen molar-refractivity contribution in [2.24, 2.45) is 4.99 Å². The lowest BCUT2D eigenvalue weighted by molar-refractivity contribution is 0.392. The number of nitrogens with one attached hydrogen (secondary N) is 1. The van der Waals surface area contributed by atoms with Crippen LogP contribution in [0.3, 0.4) is 0 Å². The molecule has 2 rings (SSSR count). The molecule has 0 bridgehead atoms. The summed E-state index contributed by atoms with van der Waals surface area (Å²) >= 11 is 0. The summed E-state index contributed by atoms with van der Waals surface area (Å²) < 4.78 is 10.6. The maximum atomic E-state index is 5.41. The van der Waals surface area contributed by atoms with Crippen molar-refractivity contribution in [1.29, 1.82) is 0 Å². The summed E-state index contributed by atoms with van der Waals surface area (Å²) in [6.45, 7) is 5.40. The number of benzene rings is 1. The van der Waals surface area contributed by atoms with Crippen LogP contribution in [0.1, 0.15) is 22.6 Å². The van der Waals surface area contributed by atoms with Crippen LogP contribution in [0.4, 0.5) is 0 Å². The van der Waals surface area contributed by atoms with Crippen LogP contribution in [0, 0.1) is 13.8 Å². The number of methoxy groups -OCH3 is 1. The lowest BCUT2D eigenvalue weighted by Gasteiger charge is -2.23. The standard InChI is InChI=1S/C18H26N4O2/c1-13-16(14(2)24-21-13)10-11-20-18(19-3)22(4)12-15-8-6-7-9-17(15)23-5/h6-9H,10-12H2,1-5H3,(H,19,20). The molecule has 0 aliphatic carbocycles. The van der Waals surface area contributed by atoms with E-state index in [1.54, 1.807) is 14.2 Å². The van der Waals surface area contributed by atoms with Gasteiger partial charge in [0.25, 0.3) is 0 Å². The Kier molecular flexibility index (Phi) is 6.23. The zero-order valence-corrected chi connectivity index (χ0v) is 15.1. The highest BCUT2D eigenvalue weighted by atomic mass is 16.5. The molecular formula is C18H26N4O2. The molecule has 2 aromatic rings. The van der Waals surface area contributed by atoms with Crippen molar-refractivity contribution in [3.8, 4) is 5.75 Å². The van der Waals surface area contributed by atoms with Gasteiger partial charge in [0, 0.05) is 38.3 Å². The fourth-order valence-electron chi connectivity index (χ4n) is 2.71. The van der Waals surface area contributed by atoms with Crippen molar-refractivity contribution < 1.29 is 9.26 Å². The Morgan fingerprint density at radius 2 is 2.08 bits per heavy atom. The van der Waals surface area contributed by atoms with Crippen LogP contribution < -0.4 is 10.1 Å². The van der Waals surface area contributed by atoms with E-state index < -0.39 is 0 Å². The van der Waals surface area contributed by atoms with Gasteiger partial charge in [0.2, 0.25) is 0 Å². The number of hydrogen-bond acceptors (Lipinski definition) is 4. The molecule has 0 fully saturated rings. The molecule has 0 amide bonds. The number of guanidine groups is 1. The quantitative estimate of drug-likeness (QED) is 0.651. The fourth-order valence-corrected chi connectivity index (χ4v) is 2.71. The van der Waals surface area contributed by atoms with E-state index in [1.807, 2.05) is 39.1 Å². The maximum absolute atomic E-state index is 5.41. The molecule has 1 N–H and O–H groups in total. The molecule has 0 aliphatic rings. The van der Waals surface area contributed by atoms with E-state index in [-0.39, 0.29) is 0 Å². The minimum Gasteiger partial charge on any atom is -0.496 e. The van der Waals surface area contributed by atoms with Gasteiger partial charge in [-0.15, -0.1) is 0 Å². The third-order valence-electron chi connectivity index (χ3n) is 4.01. The van der Waals surface area contributed by atoms with Gasteiger partial charge in [0.1, 0.15) is 11.5 Å². The molecule has 0 saturated heterocycles. The van der Waals surface area contributed by atoms with Gasteiger partial charge in [-0.25, -0.2) is 0 Å². The predicted octanol–water partition coefficient (Wildman–Crippen LogP) is 2.55. The number of nitrogens with zero attached hydrogens (tertiary/aromatic N) is 3. The molecular weight excluding hydrogens is 304 g/mol. The van der Waals surface area contributed by atoms with Gasteiger partial charge in [-0.3, -0.25) is 4.99 Å². The van der Waals surface area contributed by atoms with Gasteiger partial charge < -0.3 is 19.5 Å². The van der Waals surface area contributed by atoms with Crippen LogP contribution in [0.2, 0.25) is 0 Å². The van der Waals surface area contributed by atoms with Crippen molar-refractivity contribution in [3.63, 3.8) is 0 Å². The zero-order chi connectivity index (χ0) is 17.5. The van der Waals surface area contributed by atoms with Crippen molar-refractivity contribution in [1.82, 2.24) is 15.4 Å². The van der Waals surface area contributed by atoms with E-state index in [0.717, 1.165) is 53.8 Å². The number of aryl methyl sites for hydroxylation is 2. The minimum absolute atomic E-state index is 0.717. The van der Waals surface area contributed by atoms with E-state index in [2.05, 4.69) is 26.4 Å². The van der Waals surface area contributed by atoms with Crippen molar-refractivity contribution in [2.45, 2.75) is 26.8 Å². The number of hydrogen-bond donors (Lipinski definition) is 1. The molecule has 0 spiro atoms. The first-order valence-corrected chi connectivity index (χ1v) is 8.02. The number of rotatable bonds is 6. The van der Waals surface area contributed by atoms with Crippen LogP contribution >= 0.6 is 0 Å². The summed E-state index contributed by atoms with van der Waals surface area (Å²) in [6, 6.07) is 8.02. The lowest BCUT2D eigenvalue weighted by atomic mass is 10.1. The lowest BCUT2D eigenvalue weighted by Crippen LogP contribution is -2.39.